The third-order valence-electron chi connectivity index (χ3n) is 5.83. The molecular formula is C24H30N2O2. The minimum absolute atomic E-state index is 0.385. The lowest BCUT2D eigenvalue weighted by molar-refractivity contribution is 0.00623. The Kier molecular flexibility index (Phi) is 6.10. The van der Waals surface area contributed by atoms with Crippen molar-refractivity contribution in [2.24, 2.45) is 0 Å². The maximum Gasteiger partial charge on any atom is 0.0900 e. The van der Waals surface area contributed by atoms with Crippen molar-refractivity contribution >= 4 is 10.9 Å². The van der Waals surface area contributed by atoms with Crippen LogP contribution in [0.4, 0.5) is 0 Å². The van der Waals surface area contributed by atoms with Crippen LogP contribution < -0.4 is 0 Å². The summed E-state index contributed by atoms with van der Waals surface area (Å²) in [6.45, 7) is 5.87. The first-order valence-electron chi connectivity index (χ1n) is 10.3. The van der Waals surface area contributed by atoms with Crippen molar-refractivity contribution < 1.29 is 9.84 Å². The molecule has 1 fully saturated rings. The monoisotopic (exact) mass is 378 g/mol. The number of aryl methyl sites for hydroxylation is 1. The molecular weight excluding hydrogens is 348 g/mol. The molecule has 1 aromatic heterocycles. The number of piperidine rings is 1. The predicted molar refractivity (Wildman–Crippen MR) is 114 cm³/mol. The smallest absolute Gasteiger partial charge is 0.0900 e. The fourth-order valence-electron chi connectivity index (χ4n) is 4.47. The first kappa shape index (κ1) is 19.2. The molecule has 1 atom stereocenters. The van der Waals surface area contributed by atoms with Crippen LogP contribution in [0.5, 0.6) is 0 Å². The van der Waals surface area contributed by atoms with E-state index in [9.17, 15) is 5.11 Å². The van der Waals surface area contributed by atoms with Crippen LogP contribution in [0, 0.1) is 6.92 Å². The van der Waals surface area contributed by atoms with Crippen LogP contribution in [0.2, 0.25) is 0 Å². The Balaban J connectivity index is 1.25. The molecule has 1 aliphatic rings. The fourth-order valence-corrected chi connectivity index (χ4v) is 4.47. The van der Waals surface area contributed by atoms with E-state index in [0.29, 0.717) is 25.7 Å². The number of aromatic nitrogens is 1. The summed E-state index contributed by atoms with van der Waals surface area (Å²) < 4.78 is 5.69. The maximum atomic E-state index is 10.3. The second-order valence-corrected chi connectivity index (χ2v) is 7.94. The van der Waals surface area contributed by atoms with E-state index in [4.69, 9.17) is 4.74 Å². The molecule has 3 aromatic rings. The molecule has 1 unspecified atom stereocenters. The zero-order chi connectivity index (χ0) is 19.3. The largest absolute Gasteiger partial charge is 0.389 e. The van der Waals surface area contributed by atoms with Crippen molar-refractivity contribution in [3.63, 3.8) is 0 Å². The number of nitrogens with zero attached hydrogens (tertiary/aromatic N) is 1. The molecule has 0 spiro atoms. The maximum absolute atomic E-state index is 10.3. The van der Waals surface area contributed by atoms with Gasteiger partial charge >= 0.3 is 0 Å². The highest BCUT2D eigenvalue weighted by Gasteiger charge is 2.25. The first-order valence-corrected chi connectivity index (χ1v) is 10.3. The summed E-state index contributed by atoms with van der Waals surface area (Å²) in [6.07, 6.45) is 1.84. The Morgan fingerprint density at radius 3 is 2.57 bits per heavy atom. The van der Waals surface area contributed by atoms with Gasteiger partial charge in [0.15, 0.2) is 0 Å². The van der Waals surface area contributed by atoms with Crippen LogP contribution >= 0.6 is 0 Å². The number of ether oxygens (including phenoxy) is 1. The number of benzene rings is 2. The van der Waals surface area contributed by atoms with Gasteiger partial charge < -0.3 is 19.7 Å². The van der Waals surface area contributed by atoms with E-state index in [-0.39, 0.29) is 0 Å². The van der Waals surface area contributed by atoms with Gasteiger partial charge in [-0.05, 0) is 56.0 Å². The van der Waals surface area contributed by atoms with E-state index in [1.165, 1.54) is 22.2 Å². The highest BCUT2D eigenvalue weighted by Crippen LogP contribution is 2.35. The summed E-state index contributed by atoms with van der Waals surface area (Å²) in [7, 11) is 0. The number of nitrogens with one attached hydrogen (secondary N) is 1. The molecule has 2 heterocycles. The number of hydrogen-bond acceptors (Lipinski definition) is 3. The molecule has 148 valence electrons. The molecule has 28 heavy (non-hydrogen) atoms. The molecule has 1 saturated heterocycles. The summed E-state index contributed by atoms with van der Waals surface area (Å²) >= 11 is 0. The Morgan fingerprint density at radius 1 is 1.07 bits per heavy atom. The summed E-state index contributed by atoms with van der Waals surface area (Å²) in [6, 6.07) is 18.7. The van der Waals surface area contributed by atoms with Gasteiger partial charge in [0.2, 0.25) is 0 Å². The van der Waals surface area contributed by atoms with Gasteiger partial charge in [-0.1, -0.05) is 48.5 Å². The molecule has 0 radical (unpaired) electrons. The van der Waals surface area contributed by atoms with E-state index in [1.807, 2.05) is 30.3 Å². The second kappa shape index (κ2) is 8.91. The van der Waals surface area contributed by atoms with Gasteiger partial charge in [0, 0.05) is 23.1 Å². The van der Waals surface area contributed by atoms with E-state index in [0.717, 1.165) is 31.5 Å². The molecule has 4 nitrogen and oxygen atoms in total. The lowest BCUT2D eigenvalue weighted by atomic mass is 9.87. The molecule has 0 aliphatic carbocycles. The normalized spacial score (nSPS) is 17.2. The van der Waals surface area contributed by atoms with Gasteiger partial charge in [-0.25, -0.2) is 0 Å². The van der Waals surface area contributed by atoms with Crippen molar-refractivity contribution in [1.29, 1.82) is 0 Å². The van der Waals surface area contributed by atoms with Crippen LogP contribution in [-0.4, -0.2) is 47.3 Å². The Labute approximate surface area is 167 Å². The van der Waals surface area contributed by atoms with Crippen molar-refractivity contribution in [1.82, 2.24) is 9.88 Å². The zero-order valence-corrected chi connectivity index (χ0v) is 16.6. The molecule has 4 heteroatoms. The summed E-state index contributed by atoms with van der Waals surface area (Å²) in [4.78, 5) is 5.91. The zero-order valence-electron chi connectivity index (χ0n) is 16.6. The van der Waals surface area contributed by atoms with Crippen LogP contribution in [0.3, 0.4) is 0 Å². The standard InChI is InChI=1S/C24H30N2O2/c1-18-24(22-9-5-6-10-23(22)25-18)20-11-13-26(14-12-20)15-21(27)17-28-16-19-7-3-2-4-8-19/h2-10,20-21,25,27H,11-17H2,1H3. The minimum atomic E-state index is -0.435. The number of H-pyrrole nitrogens is 1. The molecule has 0 bridgehead atoms. The van der Waals surface area contributed by atoms with E-state index < -0.39 is 6.10 Å². The topological polar surface area (TPSA) is 48.5 Å². The van der Waals surface area contributed by atoms with E-state index >= 15 is 0 Å². The Hall–Kier alpha value is -2.14. The van der Waals surface area contributed by atoms with Gasteiger partial charge in [-0.2, -0.15) is 0 Å². The van der Waals surface area contributed by atoms with Crippen LogP contribution in [-0.2, 0) is 11.3 Å². The van der Waals surface area contributed by atoms with E-state index in [1.54, 1.807) is 0 Å². The van der Waals surface area contributed by atoms with Crippen LogP contribution in [0.15, 0.2) is 54.6 Å². The van der Waals surface area contributed by atoms with Crippen molar-refractivity contribution in [2.75, 3.05) is 26.2 Å². The highest BCUT2D eigenvalue weighted by molar-refractivity contribution is 5.85. The second-order valence-electron chi connectivity index (χ2n) is 7.94. The number of aliphatic hydroxyl groups excluding tert-OH is 1. The number of likely N-dealkylation sites (tertiary alicyclic amines) is 1. The van der Waals surface area contributed by atoms with Crippen LogP contribution in [0.1, 0.15) is 35.6 Å². The molecule has 0 amide bonds. The number of aromatic amines is 1. The van der Waals surface area contributed by atoms with Crippen molar-refractivity contribution in [2.45, 2.75) is 38.4 Å². The lowest BCUT2D eigenvalue weighted by Crippen LogP contribution is -2.39. The number of fused-ring (bicyclic) bond motifs is 1. The number of hydrogen-bond donors (Lipinski definition) is 2. The van der Waals surface area contributed by atoms with Gasteiger partial charge in [-0.15, -0.1) is 0 Å². The van der Waals surface area contributed by atoms with Gasteiger partial charge in [0.25, 0.3) is 0 Å². The SMILES string of the molecule is Cc1[nH]c2ccccc2c1C1CCN(CC(O)COCc2ccccc2)CC1. The first-order chi connectivity index (χ1) is 13.7. The summed E-state index contributed by atoms with van der Waals surface area (Å²) in [5.41, 5.74) is 5.17. The molecule has 2 aromatic carbocycles. The molecule has 1 aliphatic heterocycles. The quantitative estimate of drug-likeness (QED) is 0.647. The van der Waals surface area contributed by atoms with Crippen LogP contribution in [0.25, 0.3) is 10.9 Å². The summed E-state index contributed by atoms with van der Waals surface area (Å²) in [5, 5.41) is 11.7. The van der Waals surface area contributed by atoms with E-state index in [2.05, 4.69) is 41.1 Å². The Bertz CT molecular complexity index is 882. The number of para-hydroxylation sites is 1. The molecule has 2 N–H and O–H groups in total. The van der Waals surface area contributed by atoms with Gasteiger partial charge in [0.1, 0.15) is 0 Å². The number of aliphatic hydroxyl groups is 1. The minimum Gasteiger partial charge on any atom is -0.389 e. The van der Waals surface area contributed by atoms with Crippen molar-refractivity contribution in [3.05, 3.63) is 71.4 Å². The van der Waals surface area contributed by atoms with Gasteiger partial charge in [0.05, 0.1) is 19.3 Å². The van der Waals surface area contributed by atoms with Gasteiger partial charge in [-0.3, -0.25) is 0 Å². The third-order valence-corrected chi connectivity index (χ3v) is 5.83. The number of β-amino-alcohol motifs (C(OH)–C–C–N with tert-alkyl or cyclic N) is 1. The fraction of sp³-hybridized carbons (Fsp3) is 0.417. The molecule has 0 saturated carbocycles. The highest BCUT2D eigenvalue weighted by atomic mass is 16.5. The Morgan fingerprint density at radius 2 is 1.79 bits per heavy atom. The average Bonchev–Trinajstić information content (AvgIpc) is 3.05. The average molecular weight is 379 g/mol. The lowest BCUT2D eigenvalue weighted by Gasteiger charge is -2.33. The molecule has 4 rings (SSSR count). The number of rotatable bonds is 7. The summed E-state index contributed by atoms with van der Waals surface area (Å²) in [5.74, 6) is 0.596. The predicted octanol–water partition coefficient (Wildman–Crippen LogP) is 4.23. The van der Waals surface area contributed by atoms with Crippen molar-refractivity contribution in [3.8, 4) is 0 Å². The third kappa shape index (κ3) is 4.46.